The third-order valence-corrected chi connectivity index (χ3v) is 3.19. The Morgan fingerprint density at radius 2 is 2.41 bits per heavy atom. The van der Waals surface area contributed by atoms with Crippen LogP contribution in [0.5, 0.6) is 5.88 Å². The van der Waals surface area contributed by atoms with Crippen LogP contribution in [0.3, 0.4) is 0 Å². The molecular weight excluding hydrogens is 222 g/mol. The van der Waals surface area contributed by atoms with Gasteiger partial charge in [-0.05, 0) is 12.8 Å². The lowest BCUT2D eigenvalue weighted by molar-refractivity contribution is -0.153. The molecule has 17 heavy (non-hydrogen) atoms. The highest BCUT2D eigenvalue weighted by atomic mass is 16.5. The molecule has 1 saturated carbocycles. The van der Waals surface area contributed by atoms with E-state index in [0.717, 1.165) is 6.42 Å². The maximum absolute atomic E-state index is 11.1. The minimum Gasteiger partial charge on any atom is -0.481 e. The summed E-state index contributed by atoms with van der Waals surface area (Å²) in [5.41, 5.74) is -0.646. The Hall–Kier alpha value is -1.85. The number of carboxylic acids is 1. The molecule has 6 heteroatoms. The summed E-state index contributed by atoms with van der Waals surface area (Å²) in [6.45, 7) is 0.357. The molecule has 2 rings (SSSR count). The van der Waals surface area contributed by atoms with E-state index in [4.69, 9.17) is 9.84 Å². The van der Waals surface area contributed by atoms with Gasteiger partial charge in [-0.1, -0.05) is 6.42 Å². The SMILES string of the molecule is COc1ccnc(NCC2(C(=O)O)CCC2)n1. The molecule has 0 aromatic carbocycles. The number of nitrogens with zero attached hydrogens (tertiary/aromatic N) is 2. The molecule has 0 radical (unpaired) electrons. The van der Waals surface area contributed by atoms with Gasteiger partial charge in [0.2, 0.25) is 11.8 Å². The molecule has 0 unspecified atom stereocenters. The van der Waals surface area contributed by atoms with E-state index in [1.54, 1.807) is 12.3 Å². The van der Waals surface area contributed by atoms with Crippen molar-refractivity contribution in [3.8, 4) is 5.88 Å². The molecule has 1 aromatic rings. The topological polar surface area (TPSA) is 84.3 Å². The van der Waals surface area contributed by atoms with Crippen molar-refractivity contribution in [2.75, 3.05) is 19.0 Å². The summed E-state index contributed by atoms with van der Waals surface area (Å²) in [4.78, 5) is 19.2. The first-order valence-electron chi connectivity index (χ1n) is 5.51. The van der Waals surface area contributed by atoms with Crippen molar-refractivity contribution in [3.63, 3.8) is 0 Å². The van der Waals surface area contributed by atoms with Crippen molar-refractivity contribution in [1.29, 1.82) is 0 Å². The number of aromatic nitrogens is 2. The average Bonchev–Trinajstić information content (AvgIpc) is 2.27. The summed E-state index contributed by atoms with van der Waals surface area (Å²) in [5.74, 6) is 0.108. The molecule has 2 N–H and O–H groups in total. The number of nitrogens with one attached hydrogen (secondary N) is 1. The Morgan fingerprint density at radius 3 is 2.94 bits per heavy atom. The van der Waals surface area contributed by atoms with Crippen LogP contribution in [0.25, 0.3) is 0 Å². The van der Waals surface area contributed by atoms with Crippen molar-refractivity contribution >= 4 is 11.9 Å². The highest BCUT2D eigenvalue weighted by Gasteiger charge is 2.44. The first kappa shape index (κ1) is 11.6. The molecule has 0 saturated heterocycles. The molecular formula is C11H15N3O3. The predicted octanol–water partition coefficient (Wildman–Crippen LogP) is 1.15. The normalized spacial score (nSPS) is 17.0. The maximum Gasteiger partial charge on any atom is 0.311 e. The molecule has 1 aromatic heterocycles. The van der Waals surface area contributed by atoms with Gasteiger partial charge >= 0.3 is 5.97 Å². The molecule has 1 aliphatic rings. The number of carbonyl (C=O) groups is 1. The number of aliphatic carboxylic acids is 1. The largest absolute Gasteiger partial charge is 0.481 e. The lowest BCUT2D eigenvalue weighted by Crippen LogP contribution is -2.43. The predicted molar refractivity (Wildman–Crippen MR) is 61.0 cm³/mol. The van der Waals surface area contributed by atoms with Crippen LogP contribution >= 0.6 is 0 Å². The van der Waals surface area contributed by atoms with Gasteiger partial charge in [-0.2, -0.15) is 4.98 Å². The van der Waals surface area contributed by atoms with Crippen molar-refractivity contribution < 1.29 is 14.6 Å². The van der Waals surface area contributed by atoms with E-state index in [1.165, 1.54) is 7.11 Å². The molecule has 6 nitrogen and oxygen atoms in total. The van der Waals surface area contributed by atoms with Crippen molar-refractivity contribution in [2.45, 2.75) is 19.3 Å². The number of hydrogen-bond donors (Lipinski definition) is 2. The van der Waals surface area contributed by atoms with Crippen LogP contribution in [-0.2, 0) is 4.79 Å². The average molecular weight is 237 g/mol. The fraction of sp³-hybridized carbons (Fsp3) is 0.545. The zero-order chi connectivity index (χ0) is 12.3. The van der Waals surface area contributed by atoms with Crippen molar-refractivity contribution in [2.24, 2.45) is 5.41 Å². The molecule has 0 bridgehead atoms. The second kappa shape index (κ2) is 4.57. The van der Waals surface area contributed by atoms with E-state index >= 15 is 0 Å². The van der Waals surface area contributed by atoms with E-state index in [2.05, 4.69) is 15.3 Å². The molecule has 0 amide bonds. The standard InChI is InChI=1S/C11H15N3O3/c1-17-8-3-6-12-10(14-8)13-7-11(9(15)16)4-2-5-11/h3,6H,2,4-5,7H2,1H3,(H,15,16)(H,12,13,14). The third kappa shape index (κ3) is 2.30. The van der Waals surface area contributed by atoms with E-state index < -0.39 is 11.4 Å². The minimum atomic E-state index is -0.751. The summed E-state index contributed by atoms with van der Waals surface area (Å²) >= 11 is 0. The fourth-order valence-electron chi connectivity index (χ4n) is 1.86. The highest BCUT2D eigenvalue weighted by molar-refractivity contribution is 5.76. The number of anilines is 1. The Bertz CT molecular complexity index is 418. The molecule has 1 aliphatic carbocycles. The van der Waals surface area contributed by atoms with Gasteiger partial charge in [0, 0.05) is 18.8 Å². The van der Waals surface area contributed by atoms with E-state index in [0.29, 0.717) is 31.2 Å². The fourth-order valence-corrected chi connectivity index (χ4v) is 1.86. The Balaban J connectivity index is 1.99. The first-order valence-corrected chi connectivity index (χ1v) is 5.51. The zero-order valence-corrected chi connectivity index (χ0v) is 9.64. The van der Waals surface area contributed by atoms with Gasteiger partial charge in [-0.25, -0.2) is 4.98 Å². The van der Waals surface area contributed by atoms with Crippen LogP contribution in [0, 0.1) is 5.41 Å². The third-order valence-electron chi connectivity index (χ3n) is 3.19. The molecule has 1 heterocycles. The van der Waals surface area contributed by atoms with Gasteiger partial charge in [0.15, 0.2) is 0 Å². The van der Waals surface area contributed by atoms with Crippen LogP contribution in [0.4, 0.5) is 5.95 Å². The smallest absolute Gasteiger partial charge is 0.311 e. The Labute approximate surface area is 99.0 Å². The van der Waals surface area contributed by atoms with Gasteiger partial charge < -0.3 is 15.2 Å². The second-order valence-electron chi connectivity index (χ2n) is 4.22. The molecule has 1 fully saturated rings. The van der Waals surface area contributed by atoms with E-state index in [1.807, 2.05) is 0 Å². The molecule has 0 aliphatic heterocycles. The van der Waals surface area contributed by atoms with E-state index in [9.17, 15) is 4.79 Å². The van der Waals surface area contributed by atoms with E-state index in [-0.39, 0.29) is 0 Å². The first-order chi connectivity index (χ1) is 8.16. The van der Waals surface area contributed by atoms with Gasteiger partial charge in [-0.15, -0.1) is 0 Å². The van der Waals surface area contributed by atoms with Crippen molar-refractivity contribution in [3.05, 3.63) is 12.3 Å². The summed E-state index contributed by atoms with van der Waals surface area (Å²) in [7, 11) is 1.52. The van der Waals surface area contributed by atoms with Crippen molar-refractivity contribution in [1.82, 2.24) is 9.97 Å². The zero-order valence-electron chi connectivity index (χ0n) is 9.64. The molecule has 0 atom stereocenters. The summed E-state index contributed by atoms with van der Waals surface area (Å²) in [6.07, 6.45) is 3.95. The maximum atomic E-state index is 11.1. The van der Waals surface area contributed by atoms with Gasteiger partial charge in [0.05, 0.1) is 12.5 Å². The van der Waals surface area contributed by atoms with Gasteiger partial charge in [0.25, 0.3) is 0 Å². The second-order valence-corrected chi connectivity index (χ2v) is 4.22. The highest BCUT2D eigenvalue weighted by Crippen LogP contribution is 2.41. The quantitative estimate of drug-likeness (QED) is 0.799. The summed E-state index contributed by atoms with van der Waals surface area (Å²) in [6, 6.07) is 1.64. The van der Waals surface area contributed by atoms with Gasteiger partial charge in [-0.3, -0.25) is 4.79 Å². The number of carboxylic acid groups (broad SMARTS) is 1. The Kier molecular flexibility index (Phi) is 3.12. The number of rotatable bonds is 5. The van der Waals surface area contributed by atoms with Crippen LogP contribution in [0.15, 0.2) is 12.3 Å². The summed E-state index contributed by atoms with van der Waals surface area (Å²) < 4.78 is 4.97. The Morgan fingerprint density at radius 1 is 1.65 bits per heavy atom. The van der Waals surface area contributed by atoms with Gasteiger partial charge in [0.1, 0.15) is 0 Å². The molecule has 0 spiro atoms. The van der Waals surface area contributed by atoms with Crippen LogP contribution in [0.2, 0.25) is 0 Å². The van der Waals surface area contributed by atoms with Crippen LogP contribution in [0.1, 0.15) is 19.3 Å². The monoisotopic (exact) mass is 237 g/mol. The van der Waals surface area contributed by atoms with Crippen LogP contribution in [-0.4, -0.2) is 34.7 Å². The number of ether oxygens (including phenoxy) is 1. The minimum absolute atomic E-state index is 0.357. The number of hydrogen-bond acceptors (Lipinski definition) is 5. The lowest BCUT2D eigenvalue weighted by atomic mass is 9.69. The molecule has 92 valence electrons. The lowest BCUT2D eigenvalue weighted by Gasteiger charge is -2.37. The van der Waals surface area contributed by atoms with Crippen LogP contribution < -0.4 is 10.1 Å². The summed E-state index contributed by atoms with van der Waals surface area (Å²) in [5, 5.41) is 12.1. The number of methoxy groups -OCH3 is 1.